The maximum atomic E-state index is 13.4. The minimum absolute atomic E-state index is 0.0389. The first-order chi connectivity index (χ1) is 15.4. The maximum absolute atomic E-state index is 13.4. The zero-order valence-corrected chi connectivity index (χ0v) is 18.2. The molecule has 2 aromatic carbocycles. The van der Waals surface area contributed by atoms with Gasteiger partial charge in [0, 0.05) is 12.0 Å². The number of carbonyl (C=O) groups is 1. The average Bonchev–Trinajstić information content (AvgIpc) is 3.19. The minimum atomic E-state index is -4.71. The second-order valence-corrected chi connectivity index (χ2v) is 8.67. The van der Waals surface area contributed by atoms with E-state index in [0.29, 0.717) is 11.3 Å². The molecule has 0 aliphatic carbocycles. The van der Waals surface area contributed by atoms with Crippen LogP contribution in [0.15, 0.2) is 53.4 Å². The van der Waals surface area contributed by atoms with Crippen LogP contribution in [0.3, 0.4) is 0 Å². The Hall–Kier alpha value is -3.38. The van der Waals surface area contributed by atoms with Crippen molar-refractivity contribution < 1.29 is 36.2 Å². The van der Waals surface area contributed by atoms with Gasteiger partial charge in [0.15, 0.2) is 5.69 Å². The molecule has 176 valence electrons. The summed E-state index contributed by atoms with van der Waals surface area (Å²) in [5.74, 6) is -0.550. The fraction of sp³-hybridized carbons (Fsp3) is 0.238. The summed E-state index contributed by atoms with van der Waals surface area (Å²) in [6.45, 7) is 0. The van der Waals surface area contributed by atoms with Gasteiger partial charge in [0.05, 0.1) is 23.4 Å². The monoisotopic (exact) mass is 483 g/mol. The van der Waals surface area contributed by atoms with Crippen molar-refractivity contribution in [2.24, 2.45) is 5.14 Å². The van der Waals surface area contributed by atoms with Crippen LogP contribution in [-0.4, -0.2) is 36.4 Å². The van der Waals surface area contributed by atoms with E-state index in [-0.39, 0.29) is 41.1 Å². The number of aryl methyl sites for hydroxylation is 1. The van der Waals surface area contributed by atoms with Gasteiger partial charge in [-0.2, -0.15) is 18.3 Å². The van der Waals surface area contributed by atoms with E-state index in [9.17, 15) is 26.4 Å². The van der Waals surface area contributed by atoms with Crippen molar-refractivity contribution in [2.75, 3.05) is 7.11 Å². The van der Waals surface area contributed by atoms with Crippen LogP contribution in [-0.2, 0) is 27.4 Å². The lowest BCUT2D eigenvalue weighted by Crippen LogP contribution is -2.15. The molecule has 1 aromatic heterocycles. The molecule has 33 heavy (non-hydrogen) atoms. The topological polar surface area (TPSA) is 125 Å². The summed E-state index contributed by atoms with van der Waals surface area (Å²) in [7, 11) is -2.68. The number of sulfonamides is 1. The van der Waals surface area contributed by atoms with E-state index in [4.69, 9.17) is 15.0 Å². The number of rotatable bonds is 8. The first-order valence-corrected chi connectivity index (χ1v) is 11.1. The van der Waals surface area contributed by atoms with Crippen LogP contribution < -0.4 is 9.88 Å². The van der Waals surface area contributed by atoms with Crippen LogP contribution in [0.2, 0.25) is 0 Å². The zero-order chi connectivity index (χ0) is 24.4. The predicted octanol–water partition coefficient (Wildman–Crippen LogP) is 3.62. The Morgan fingerprint density at radius 2 is 1.82 bits per heavy atom. The van der Waals surface area contributed by atoms with Crippen LogP contribution in [0.25, 0.3) is 16.9 Å². The molecule has 3 aromatic rings. The summed E-state index contributed by atoms with van der Waals surface area (Å²) >= 11 is 0. The van der Waals surface area contributed by atoms with Gasteiger partial charge in [0.2, 0.25) is 10.0 Å². The van der Waals surface area contributed by atoms with Crippen molar-refractivity contribution in [3.05, 3.63) is 59.8 Å². The highest BCUT2D eigenvalue weighted by Crippen LogP contribution is 2.34. The number of nitrogens with zero attached hydrogens (tertiary/aromatic N) is 2. The first-order valence-electron chi connectivity index (χ1n) is 9.59. The van der Waals surface area contributed by atoms with E-state index >= 15 is 0 Å². The fourth-order valence-electron chi connectivity index (χ4n) is 3.28. The van der Waals surface area contributed by atoms with E-state index in [0.717, 1.165) is 10.7 Å². The van der Waals surface area contributed by atoms with Crippen molar-refractivity contribution in [1.29, 1.82) is 0 Å². The molecule has 0 fully saturated rings. The van der Waals surface area contributed by atoms with Crippen LogP contribution in [0.5, 0.6) is 5.75 Å². The summed E-state index contributed by atoms with van der Waals surface area (Å²) in [5.41, 5.74) is -0.252. The number of alkyl halides is 3. The number of hydrogen-bond donors (Lipinski definition) is 2. The molecular weight excluding hydrogens is 463 g/mol. The number of hydrogen-bond acceptors (Lipinski definition) is 5. The lowest BCUT2D eigenvalue weighted by molar-refractivity contribution is -0.141. The largest absolute Gasteiger partial charge is 0.497 e. The normalized spacial score (nSPS) is 12.0. The highest BCUT2D eigenvalue weighted by Gasteiger charge is 2.35. The molecule has 0 saturated heterocycles. The van der Waals surface area contributed by atoms with E-state index in [1.54, 1.807) is 24.3 Å². The predicted molar refractivity (Wildman–Crippen MR) is 113 cm³/mol. The van der Waals surface area contributed by atoms with Gasteiger partial charge >= 0.3 is 12.1 Å². The number of methoxy groups -OCH3 is 1. The fourth-order valence-corrected chi connectivity index (χ4v) is 4.07. The number of carboxylic acids is 1. The van der Waals surface area contributed by atoms with Gasteiger partial charge in [0.25, 0.3) is 0 Å². The zero-order valence-electron chi connectivity index (χ0n) is 17.3. The molecule has 0 bridgehead atoms. The Kier molecular flexibility index (Phi) is 6.79. The number of ether oxygens (including phenoxy) is 1. The second-order valence-electron chi connectivity index (χ2n) is 7.14. The van der Waals surface area contributed by atoms with Crippen LogP contribution in [0.1, 0.15) is 24.1 Å². The van der Waals surface area contributed by atoms with Crippen LogP contribution in [0, 0.1) is 0 Å². The lowest BCUT2D eigenvalue weighted by Gasteiger charge is -2.13. The molecule has 0 spiro atoms. The number of carboxylic acid groups (broad SMARTS) is 1. The van der Waals surface area contributed by atoms with Crippen molar-refractivity contribution >= 4 is 16.0 Å². The van der Waals surface area contributed by atoms with Gasteiger partial charge in [-0.15, -0.1) is 0 Å². The van der Waals surface area contributed by atoms with Gasteiger partial charge in [-0.3, -0.25) is 4.79 Å². The molecule has 0 atom stereocenters. The minimum Gasteiger partial charge on any atom is -0.497 e. The van der Waals surface area contributed by atoms with E-state index in [1.165, 1.54) is 25.3 Å². The molecule has 0 radical (unpaired) electrons. The summed E-state index contributed by atoms with van der Waals surface area (Å²) < 4.78 is 70.3. The number of benzene rings is 2. The van der Waals surface area contributed by atoms with Crippen molar-refractivity contribution in [2.45, 2.75) is 30.3 Å². The quantitative estimate of drug-likeness (QED) is 0.504. The van der Waals surface area contributed by atoms with Gasteiger partial charge in [-0.05, 0) is 66.9 Å². The van der Waals surface area contributed by atoms with E-state index < -0.39 is 27.9 Å². The molecule has 0 aliphatic rings. The summed E-state index contributed by atoms with van der Waals surface area (Å²) in [5, 5.41) is 17.8. The number of primary sulfonamides is 1. The van der Waals surface area contributed by atoms with Crippen LogP contribution >= 0.6 is 0 Å². The number of aromatic nitrogens is 2. The summed E-state index contributed by atoms with van der Waals surface area (Å²) in [6.07, 6.45) is -4.78. The highest BCUT2D eigenvalue weighted by molar-refractivity contribution is 7.89. The Bertz CT molecular complexity index is 1270. The van der Waals surface area contributed by atoms with Crippen molar-refractivity contribution in [1.82, 2.24) is 9.78 Å². The molecule has 1 heterocycles. The molecular formula is C21H20F3N3O5S. The summed E-state index contributed by atoms with van der Waals surface area (Å²) in [4.78, 5) is 10.6. The Morgan fingerprint density at radius 3 is 2.36 bits per heavy atom. The molecule has 8 nitrogen and oxygen atoms in total. The highest BCUT2D eigenvalue weighted by atomic mass is 32.2. The molecule has 3 rings (SSSR count). The van der Waals surface area contributed by atoms with E-state index in [2.05, 4.69) is 5.10 Å². The number of nitrogens with two attached hydrogens (primary N) is 1. The van der Waals surface area contributed by atoms with Crippen molar-refractivity contribution in [3.8, 4) is 22.7 Å². The third kappa shape index (κ3) is 5.71. The third-order valence-corrected chi connectivity index (χ3v) is 5.83. The molecule has 0 saturated carbocycles. The maximum Gasteiger partial charge on any atom is 0.435 e. The van der Waals surface area contributed by atoms with Crippen molar-refractivity contribution in [3.63, 3.8) is 0 Å². The number of halogens is 3. The number of aliphatic carboxylic acids is 1. The Morgan fingerprint density at radius 1 is 1.15 bits per heavy atom. The third-order valence-electron chi connectivity index (χ3n) is 4.82. The van der Waals surface area contributed by atoms with E-state index in [1.807, 2.05) is 0 Å². The Balaban J connectivity index is 2.15. The molecule has 0 amide bonds. The van der Waals surface area contributed by atoms with Crippen LogP contribution in [0.4, 0.5) is 13.2 Å². The SMILES string of the molecule is COc1ccc(-c2cc(C(F)(F)F)nn2-c2ccc(S(N)(=O)=O)c(CCCC(=O)O)c2)cc1. The molecule has 0 aliphatic heterocycles. The van der Waals surface area contributed by atoms with Gasteiger partial charge in [0.1, 0.15) is 5.75 Å². The lowest BCUT2D eigenvalue weighted by atomic mass is 10.1. The Labute approximate surface area is 187 Å². The molecule has 12 heteroatoms. The molecule has 3 N–H and O–H groups in total. The second kappa shape index (κ2) is 9.24. The smallest absolute Gasteiger partial charge is 0.435 e. The first kappa shape index (κ1) is 24.3. The molecule has 0 unspecified atom stereocenters. The summed E-state index contributed by atoms with van der Waals surface area (Å²) in [6, 6.07) is 11.0. The van der Waals surface area contributed by atoms with Gasteiger partial charge < -0.3 is 9.84 Å². The average molecular weight is 483 g/mol. The van der Waals surface area contributed by atoms with Gasteiger partial charge in [-0.25, -0.2) is 18.2 Å². The standard InChI is InChI=1S/C21H20F3N3O5S/c1-32-16-8-5-13(6-9-16)17-12-19(21(22,23)24)26-27(17)15-7-10-18(33(25,30)31)14(11-15)3-2-4-20(28)29/h5-12H,2-4H2,1H3,(H,28,29)(H2,25,30,31). The van der Waals surface area contributed by atoms with Gasteiger partial charge in [-0.1, -0.05) is 0 Å².